The number of rotatable bonds is 2. The largest absolute Gasteiger partial charge is 1.00 e. The van der Waals surface area contributed by atoms with E-state index in [-0.39, 0.29) is 58.8 Å². The van der Waals surface area contributed by atoms with Crippen LogP contribution in [-0.2, 0) is 0 Å². The van der Waals surface area contributed by atoms with E-state index in [9.17, 15) is 5.26 Å². The van der Waals surface area contributed by atoms with Gasteiger partial charge in [0, 0.05) is 37.5 Å². The zero-order chi connectivity index (χ0) is 22.3. The molecule has 5 aliphatic rings. The summed E-state index contributed by atoms with van der Waals surface area (Å²) in [5.74, 6) is 2.55. The SMILES string of the molecule is C[C@]12CC[C@H]3[C@@H](CC[C@]4(C#N)CC([N+]5(C)CCCC5)CC[C@]34C)[C@@H]1CC[C@@H]2[N+](C)(C)C.[I-].[I-]. The first kappa shape index (κ1) is 28.4. The lowest BCUT2D eigenvalue weighted by Gasteiger charge is -2.64. The van der Waals surface area contributed by atoms with Crippen molar-refractivity contribution < 1.29 is 56.9 Å². The Morgan fingerprint density at radius 3 is 2.12 bits per heavy atom. The number of hydrogen-bond donors (Lipinski definition) is 0. The molecule has 0 amide bonds. The Hall–Kier alpha value is 0.870. The van der Waals surface area contributed by atoms with Gasteiger partial charge in [0.1, 0.15) is 0 Å². The fourth-order valence-electron chi connectivity index (χ4n) is 10.7. The van der Waals surface area contributed by atoms with Gasteiger partial charge in [0.25, 0.3) is 0 Å². The smallest absolute Gasteiger partial charge is 0.0941 e. The molecular formula is C28H49I2N3. The standard InChI is InChI=1S/C28H49N3.2HI/c1-26-14-13-24-22(23(26)9-10-25(26)30(3,4)5)12-16-28(20-29)19-21(11-15-27(24,28)2)31(6)17-7-8-18-31;;/h21-25H,7-19H2,1-6H3;2*1H/q+2;;/p-2/t21?,22-,23-,24-,25-,26-,27+,28+;;/m0../s1. The molecule has 5 heteroatoms. The summed E-state index contributed by atoms with van der Waals surface area (Å²) in [4.78, 5) is 0. The maximum absolute atomic E-state index is 10.7. The molecule has 1 aliphatic heterocycles. The Morgan fingerprint density at radius 1 is 0.848 bits per heavy atom. The minimum Gasteiger partial charge on any atom is -1.00 e. The van der Waals surface area contributed by atoms with Crippen LogP contribution in [0, 0.1) is 45.3 Å². The molecule has 190 valence electrons. The van der Waals surface area contributed by atoms with Crippen molar-refractivity contribution in [3.8, 4) is 6.07 Å². The van der Waals surface area contributed by atoms with Gasteiger partial charge in [0.05, 0.1) is 64.8 Å². The predicted molar refractivity (Wildman–Crippen MR) is 127 cm³/mol. The molecule has 1 heterocycles. The van der Waals surface area contributed by atoms with E-state index in [1.165, 1.54) is 88.2 Å². The highest BCUT2D eigenvalue weighted by molar-refractivity contribution is 5.20. The molecule has 0 aromatic carbocycles. The number of nitrogens with zero attached hydrogens (tertiary/aromatic N) is 3. The van der Waals surface area contributed by atoms with E-state index in [4.69, 9.17) is 0 Å². The summed E-state index contributed by atoms with van der Waals surface area (Å²) in [5.41, 5.74) is 0.691. The van der Waals surface area contributed by atoms with E-state index >= 15 is 0 Å². The quantitative estimate of drug-likeness (QED) is 0.288. The third-order valence-electron chi connectivity index (χ3n) is 12.4. The van der Waals surface area contributed by atoms with Gasteiger partial charge in [-0.15, -0.1) is 0 Å². The Labute approximate surface area is 238 Å². The van der Waals surface area contributed by atoms with E-state index in [2.05, 4.69) is 48.1 Å². The first-order valence-corrected chi connectivity index (χ1v) is 13.6. The average Bonchev–Trinajstić information content (AvgIpc) is 3.31. The second-order valence-electron chi connectivity index (χ2n) is 14.3. The number of halogens is 2. The van der Waals surface area contributed by atoms with Crippen LogP contribution in [0.3, 0.4) is 0 Å². The van der Waals surface area contributed by atoms with E-state index < -0.39 is 0 Å². The maximum Gasteiger partial charge on any atom is 0.0941 e. The van der Waals surface area contributed by atoms with Crippen LogP contribution in [0.5, 0.6) is 0 Å². The lowest BCUT2D eigenvalue weighted by Crippen LogP contribution is -3.00. The number of quaternary nitrogens is 2. The van der Waals surface area contributed by atoms with Gasteiger partial charge in [-0.3, -0.25) is 0 Å². The van der Waals surface area contributed by atoms with Crippen molar-refractivity contribution in [1.29, 1.82) is 5.26 Å². The normalized spacial score (nSPS) is 48.3. The number of hydrogen-bond acceptors (Lipinski definition) is 1. The summed E-state index contributed by atoms with van der Waals surface area (Å²) >= 11 is 0. The lowest BCUT2D eigenvalue weighted by molar-refractivity contribution is -0.924. The van der Waals surface area contributed by atoms with Gasteiger partial charge in [0.15, 0.2) is 0 Å². The molecular weight excluding hydrogens is 632 g/mol. The summed E-state index contributed by atoms with van der Waals surface area (Å²) in [7, 11) is 9.79. The van der Waals surface area contributed by atoms with Crippen LogP contribution in [0.15, 0.2) is 0 Å². The zero-order valence-corrected chi connectivity index (χ0v) is 26.5. The highest BCUT2D eigenvalue weighted by atomic mass is 127. The van der Waals surface area contributed by atoms with Crippen LogP contribution in [0.2, 0.25) is 0 Å². The summed E-state index contributed by atoms with van der Waals surface area (Å²) in [6.45, 7) is 7.94. The molecule has 5 fully saturated rings. The molecule has 0 aromatic rings. The van der Waals surface area contributed by atoms with Crippen molar-refractivity contribution in [3.05, 3.63) is 0 Å². The minimum atomic E-state index is -0.0627. The summed E-state index contributed by atoms with van der Waals surface area (Å²) in [5, 5.41) is 10.7. The Bertz CT molecular complexity index is 766. The molecule has 4 saturated carbocycles. The summed E-state index contributed by atoms with van der Waals surface area (Å²) in [6, 6.07) is 4.59. The Balaban J connectivity index is 0.00000153. The van der Waals surface area contributed by atoms with Gasteiger partial charge in [-0.2, -0.15) is 5.26 Å². The van der Waals surface area contributed by atoms with Gasteiger partial charge in [0.2, 0.25) is 0 Å². The predicted octanol–water partition coefficient (Wildman–Crippen LogP) is -0.385. The van der Waals surface area contributed by atoms with Crippen LogP contribution in [-0.4, -0.2) is 62.3 Å². The fraction of sp³-hybridized carbons (Fsp3) is 0.964. The van der Waals surface area contributed by atoms with Crippen LogP contribution >= 0.6 is 0 Å². The van der Waals surface area contributed by atoms with E-state index in [0.717, 1.165) is 34.3 Å². The Morgan fingerprint density at radius 2 is 1.52 bits per heavy atom. The third kappa shape index (κ3) is 4.06. The van der Waals surface area contributed by atoms with Gasteiger partial charge in [-0.05, 0) is 61.7 Å². The molecule has 1 unspecified atom stereocenters. The topological polar surface area (TPSA) is 23.8 Å². The van der Waals surface area contributed by atoms with Crippen LogP contribution in [0.25, 0.3) is 0 Å². The summed E-state index contributed by atoms with van der Waals surface area (Å²) < 4.78 is 2.39. The van der Waals surface area contributed by atoms with Crippen LogP contribution in [0.4, 0.5) is 0 Å². The van der Waals surface area contributed by atoms with E-state index in [0.29, 0.717) is 5.41 Å². The van der Waals surface area contributed by atoms with Gasteiger partial charge < -0.3 is 56.9 Å². The van der Waals surface area contributed by atoms with Crippen molar-refractivity contribution in [3.63, 3.8) is 0 Å². The molecule has 3 nitrogen and oxygen atoms in total. The number of likely N-dealkylation sites (tertiary alicyclic amines) is 1. The highest BCUT2D eigenvalue weighted by Crippen LogP contribution is 2.70. The van der Waals surface area contributed by atoms with Gasteiger partial charge >= 0.3 is 0 Å². The lowest BCUT2D eigenvalue weighted by atomic mass is 9.40. The van der Waals surface area contributed by atoms with E-state index in [1.807, 2.05) is 0 Å². The number of fused-ring (bicyclic) bond motifs is 5. The average molecular weight is 682 g/mol. The molecule has 0 aromatic heterocycles. The van der Waals surface area contributed by atoms with Crippen molar-refractivity contribution in [2.45, 2.75) is 96.6 Å². The van der Waals surface area contributed by atoms with Gasteiger partial charge in [-0.1, -0.05) is 13.8 Å². The molecule has 1 saturated heterocycles. The molecule has 8 atom stereocenters. The first-order valence-electron chi connectivity index (χ1n) is 13.6. The summed E-state index contributed by atoms with van der Waals surface area (Å²) in [6.07, 6.45) is 14.8. The van der Waals surface area contributed by atoms with Crippen molar-refractivity contribution in [2.75, 3.05) is 41.3 Å². The monoisotopic (exact) mass is 681 g/mol. The molecule has 5 rings (SSSR count). The van der Waals surface area contributed by atoms with Crippen LogP contribution in [0.1, 0.15) is 84.5 Å². The molecule has 0 radical (unpaired) electrons. The molecule has 4 aliphatic carbocycles. The molecule has 0 spiro atoms. The fourth-order valence-corrected chi connectivity index (χ4v) is 10.7. The second-order valence-corrected chi connectivity index (χ2v) is 14.3. The van der Waals surface area contributed by atoms with Crippen molar-refractivity contribution in [1.82, 2.24) is 0 Å². The minimum absolute atomic E-state index is 0. The third-order valence-corrected chi connectivity index (χ3v) is 12.4. The zero-order valence-electron chi connectivity index (χ0n) is 22.2. The maximum atomic E-state index is 10.7. The second kappa shape index (κ2) is 9.31. The highest BCUT2D eigenvalue weighted by Gasteiger charge is 2.67. The molecule has 0 N–H and O–H groups in total. The molecule has 0 bridgehead atoms. The van der Waals surface area contributed by atoms with E-state index in [1.54, 1.807) is 0 Å². The molecule has 33 heavy (non-hydrogen) atoms. The van der Waals surface area contributed by atoms with Gasteiger partial charge in [-0.25, -0.2) is 0 Å². The van der Waals surface area contributed by atoms with Crippen molar-refractivity contribution in [2.24, 2.45) is 34.0 Å². The number of nitriles is 1. The first-order chi connectivity index (χ1) is 14.5. The van der Waals surface area contributed by atoms with Crippen LogP contribution < -0.4 is 48.0 Å². The Kier molecular flexibility index (Phi) is 8.03. The van der Waals surface area contributed by atoms with Crippen molar-refractivity contribution >= 4 is 0 Å².